The number of carbonyl (C=O) groups excluding carboxylic acids is 1. The van der Waals surface area contributed by atoms with Gasteiger partial charge < -0.3 is 20.1 Å². The Kier molecular flexibility index (Phi) is 4.90. The largest absolute Gasteiger partial charge is 0.381 e. The van der Waals surface area contributed by atoms with E-state index in [9.17, 15) is 9.90 Å². The van der Waals surface area contributed by atoms with Gasteiger partial charge in [0, 0.05) is 41.9 Å². The summed E-state index contributed by atoms with van der Waals surface area (Å²) in [5.74, 6) is 1.45. The van der Waals surface area contributed by atoms with Crippen LogP contribution in [0, 0.1) is 6.92 Å². The van der Waals surface area contributed by atoms with Crippen molar-refractivity contribution in [2.75, 3.05) is 30.0 Å². The van der Waals surface area contributed by atoms with Crippen LogP contribution in [0.25, 0.3) is 5.69 Å². The molecule has 1 fully saturated rings. The summed E-state index contributed by atoms with van der Waals surface area (Å²) in [6.07, 6.45) is 1.51. The molecular formula is C24H24ClN5O3. The number of carbonyl (C=O) groups is 1. The second kappa shape index (κ2) is 7.83. The minimum atomic E-state index is -1.00. The van der Waals surface area contributed by atoms with Gasteiger partial charge >= 0.3 is 0 Å². The van der Waals surface area contributed by atoms with Crippen LogP contribution in [0.4, 0.5) is 11.4 Å². The summed E-state index contributed by atoms with van der Waals surface area (Å²) in [5.41, 5.74) is 4.97. The molecule has 3 aliphatic rings. The van der Waals surface area contributed by atoms with E-state index in [1.54, 1.807) is 4.90 Å². The fourth-order valence-corrected chi connectivity index (χ4v) is 5.31. The third-order valence-corrected chi connectivity index (χ3v) is 7.07. The fourth-order valence-electron chi connectivity index (χ4n) is 5.12. The molecule has 6 rings (SSSR count). The Labute approximate surface area is 196 Å². The van der Waals surface area contributed by atoms with Crippen molar-refractivity contribution < 1.29 is 14.6 Å². The molecule has 1 atom stereocenters. The summed E-state index contributed by atoms with van der Waals surface area (Å²) in [4.78, 5) is 15.4. The molecule has 0 aliphatic carbocycles. The predicted molar refractivity (Wildman–Crippen MR) is 124 cm³/mol. The molecule has 8 nitrogen and oxygen atoms in total. The van der Waals surface area contributed by atoms with Gasteiger partial charge in [-0.05, 0) is 67.6 Å². The summed E-state index contributed by atoms with van der Waals surface area (Å²) in [5, 5.41) is 23.2. The molecule has 2 aromatic carbocycles. The minimum Gasteiger partial charge on any atom is -0.381 e. The van der Waals surface area contributed by atoms with Crippen molar-refractivity contribution in [3.63, 3.8) is 0 Å². The van der Waals surface area contributed by atoms with E-state index < -0.39 is 6.23 Å². The van der Waals surface area contributed by atoms with Crippen molar-refractivity contribution in [1.29, 1.82) is 0 Å². The lowest BCUT2D eigenvalue weighted by molar-refractivity contribution is 0.0830. The average Bonchev–Trinajstić information content (AvgIpc) is 3.44. The van der Waals surface area contributed by atoms with Crippen LogP contribution in [0.2, 0.25) is 5.02 Å². The highest BCUT2D eigenvalue weighted by Crippen LogP contribution is 2.39. The maximum atomic E-state index is 13.5. The average molecular weight is 466 g/mol. The van der Waals surface area contributed by atoms with E-state index in [0.717, 1.165) is 47.6 Å². The Morgan fingerprint density at radius 3 is 2.76 bits per heavy atom. The van der Waals surface area contributed by atoms with Gasteiger partial charge in [-0.3, -0.25) is 9.36 Å². The number of aliphatic hydroxyl groups excluding tert-OH is 1. The number of amides is 1. The summed E-state index contributed by atoms with van der Waals surface area (Å²) in [6.45, 7) is 3.94. The fraction of sp³-hybridized carbons (Fsp3) is 0.375. The number of nitrogens with zero attached hydrogens (tertiary/aromatic N) is 4. The normalized spacial score (nSPS) is 19.6. The van der Waals surface area contributed by atoms with Crippen LogP contribution in [0.1, 0.15) is 58.1 Å². The molecule has 0 radical (unpaired) electrons. The lowest BCUT2D eigenvalue weighted by atomic mass is 9.98. The number of halogens is 1. The first kappa shape index (κ1) is 20.7. The van der Waals surface area contributed by atoms with E-state index in [-0.39, 0.29) is 11.8 Å². The molecule has 1 unspecified atom stereocenters. The molecule has 2 N–H and O–H groups in total. The first-order chi connectivity index (χ1) is 16.0. The Bertz CT molecular complexity index is 1270. The number of aromatic nitrogens is 3. The van der Waals surface area contributed by atoms with Crippen LogP contribution < -0.4 is 10.2 Å². The highest BCUT2D eigenvalue weighted by molar-refractivity contribution is 6.30. The lowest BCUT2D eigenvalue weighted by Crippen LogP contribution is -2.30. The maximum Gasteiger partial charge on any atom is 0.258 e. The van der Waals surface area contributed by atoms with E-state index in [2.05, 4.69) is 15.5 Å². The van der Waals surface area contributed by atoms with Crippen LogP contribution in [0.3, 0.4) is 0 Å². The Balaban J connectivity index is 1.40. The zero-order valence-corrected chi connectivity index (χ0v) is 19.0. The molecule has 1 amide bonds. The smallest absolute Gasteiger partial charge is 0.258 e. The number of hydrogen-bond acceptors (Lipinski definition) is 6. The molecule has 33 heavy (non-hydrogen) atoms. The summed E-state index contributed by atoms with van der Waals surface area (Å²) >= 11 is 6.13. The van der Waals surface area contributed by atoms with Crippen molar-refractivity contribution in [3.8, 4) is 5.69 Å². The molecular weight excluding hydrogens is 442 g/mol. The van der Waals surface area contributed by atoms with Gasteiger partial charge in [0.25, 0.3) is 5.91 Å². The minimum absolute atomic E-state index is 0.0631. The van der Waals surface area contributed by atoms with Gasteiger partial charge in [0.1, 0.15) is 5.82 Å². The van der Waals surface area contributed by atoms with Gasteiger partial charge in [-0.15, -0.1) is 10.2 Å². The number of fused-ring (bicyclic) bond motifs is 4. The van der Waals surface area contributed by atoms with E-state index in [4.69, 9.17) is 16.3 Å². The highest BCUT2D eigenvalue weighted by Gasteiger charge is 2.33. The number of nitrogens with one attached hydrogen (secondary N) is 1. The van der Waals surface area contributed by atoms with Crippen molar-refractivity contribution in [2.24, 2.45) is 0 Å². The maximum absolute atomic E-state index is 13.5. The molecule has 3 aliphatic heterocycles. The molecule has 4 heterocycles. The van der Waals surface area contributed by atoms with Crippen molar-refractivity contribution >= 4 is 28.9 Å². The van der Waals surface area contributed by atoms with E-state index in [1.165, 1.54) is 0 Å². The van der Waals surface area contributed by atoms with E-state index in [0.29, 0.717) is 41.9 Å². The zero-order chi connectivity index (χ0) is 22.7. The molecule has 3 aromatic rings. The number of hydrogen-bond donors (Lipinski definition) is 2. The number of anilines is 2. The number of rotatable bonds is 2. The van der Waals surface area contributed by atoms with Gasteiger partial charge in [-0.25, -0.2) is 0 Å². The number of benzene rings is 2. The third-order valence-electron chi connectivity index (χ3n) is 6.83. The lowest BCUT2D eigenvalue weighted by Gasteiger charge is -2.29. The van der Waals surface area contributed by atoms with Gasteiger partial charge in [-0.1, -0.05) is 11.6 Å². The Morgan fingerprint density at radius 1 is 1.15 bits per heavy atom. The Morgan fingerprint density at radius 2 is 1.94 bits per heavy atom. The van der Waals surface area contributed by atoms with Gasteiger partial charge in [0.05, 0.1) is 11.4 Å². The monoisotopic (exact) mass is 465 g/mol. The van der Waals surface area contributed by atoms with Crippen LogP contribution in [-0.2, 0) is 11.2 Å². The van der Waals surface area contributed by atoms with Gasteiger partial charge in [-0.2, -0.15) is 0 Å². The van der Waals surface area contributed by atoms with Gasteiger partial charge in [0.15, 0.2) is 12.1 Å². The molecule has 9 heteroatoms. The topological polar surface area (TPSA) is 92.5 Å². The molecule has 0 spiro atoms. The summed E-state index contributed by atoms with van der Waals surface area (Å²) in [7, 11) is 0. The molecule has 0 bridgehead atoms. The van der Waals surface area contributed by atoms with Crippen LogP contribution >= 0.6 is 11.6 Å². The first-order valence-electron chi connectivity index (χ1n) is 11.2. The second-order valence-electron chi connectivity index (χ2n) is 8.85. The molecule has 0 saturated carbocycles. The number of aryl methyl sites for hydroxylation is 1. The molecule has 1 aromatic heterocycles. The van der Waals surface area contributed by atoms with Crippen LogP contribution in [-0.4, -0.2) is 45.5 Å². The molecule has 1 saturated heterocycles. The standard InChI is InChI=1S/C24H24ClN5O3/c1-13-10-20-18(12-17(13)24(32)29-7-4-15-11-16(25)2-3-19(15)29)26-23(31)22-28-27-21(30(20)22)14-5-8-33-9-6-14/h2-3,10-12,14,23,26,31H,4-9H2,1H3. The quantitative estimate of drug-likeness (QED) is 0.599. The van der Waals surface area contributed by atoms with E-state index >= 15 is 0 Å². The van der Waals surface area contributed by atoms with Crippen LogP contribution in [0.5, 0.6) is 0 Å². The van der Waals surface area contributed by atoms with Crippen molar-refractivity contribution in [1.82, 2.24) is 14.8 Å². The highest BCUT2D eigenvalue weighted by atomic mass is 35.5. The first-order valence-corrected chi connectivity index (χ1v) is 11.6. The summed E-state index contributed by atoms with van der Waals surface area (Å²) in [6, 6.07) is 9.46. The third kappa shape index (κ3) is 3.32. The molecule has 170 valence electrons. The second-order valence-corrected chi connectivity index (χ2v) is 9.29. The Hall–Kier alpha value is -2.94. The predicted octanol–water partition coefficient (Wildman–Crippen LogP) is 3.74. The zero-order valence-electron chi connectivity index (χ0n) is 18.2. The van der Waals surface area contributed by atoms with Crippen molar-refractivity contribution in [3.05, 3.63) is 63.7 Å². The SMILES string of the molecule is Cc1cc2c(cc1C(=O)N1CCc3cc(Cl)ccc31)NC(O)c1nnc(C3CCOCC3)n1-2. The summed E-state index contributed by atoms with van der Waals surface area (Å²) < 4.78 is 7.45. The van der Waals surface area contributed by atoms with E-state index in [1.807, 2.05) is 41.8 Å². The van der Waals surface area contributed by atoms with Gasteiger partial charge in [0.2, 0.25) is 0 Å². The number of aliphatic hydroxyl groups is 1. The number of ether oxygens (including phenoxy) is 1. The van der Waals surface area contributed by atoms with Crippen molar-refractivity contribution in [2.45, 2.75) is 38.3 Å². The van der Waals surface area contributed by atoms with Crippen LogP contribution in [0.15, 0.2) is 30.3 Å².